The van der Waals surface area contributed by atoms with E-state index in [9.17, 15) is 19.2 Å². The lowest BCUT2D eigenvalue weighted by molar-refractivity contribution is -0.140. The van der Waals surface area contributed by atoms with Crippen LogP contribution in [0.4, 0.5) is 0 Å². The van der Waals surface area contributed by atoms with Gasteiger partial charge in [0.1, 0.15) is 12.1 Å². The molecule has 0 radical (unpaired) electrons. The summed E-state index contributed by atoms with van der Waals surface area (Å²) in [5, 5.41) is 5.26. The Morgan fingerprint density at radius 1 is 1.00 bits per heavy atom. The molecule has 1 heterocycles. The first-order valence-corrected chi connectivity index (χ1v) is 10.2. The third kappa shape index (κ3) is 5.91. The lowest BCUT2D eigenvalue weighted by Gasteiger charge is -2.28. The van der Waals surface area contributed by atoms with Crippen LogP contribution in [0, 0.1) is 0 Å². The van der Waals surface area contributed by atoms with Crippen LogP contribution in [0.1, 0.15) is 28.8 Å². The van der Waals surface area contributed by atoms with Crippen LogP contribution in [-0.2, 0) is 20.8 Å². The molecule has 4 N–H and O–H groups in total. The lowest BCUT2D eigenvalue weighted by atomic mass is 10.0. The molecule has 0 unspecified atom stereocenters. The highest BCUT2D eigenvalue weighted by Gasteiger charge is 2.36. The predicted molar refractivity (Wildman–Crippen MR) is 115 cm³/mol. The molecule has 2 aromatic rings. The monoisotopic (exact) mass is 422 g/mol. The molecule has 4 amide bonds. The first-order chi connectivity index (χ1) is 15.0. The van der Waals surface area contributed by atoms with Crippen molar-refractivity contribution in [2.45, 2.75) is 31.3 Å². The number of hydrogen-bond donors (Lipinski definition) is 3. The molecule has 0 bridgehead atoms. The van der Waals surface area contributed by atoms with Crippen molar-refractivity contribution >= 4 is 23.6 Å². The van der Waals surface area contributed by atoms with Gasteiger partial charge < -0.3 is 21.3 Å². The number of amides is 4. The molecule has 162 valence electrons. The molecule has 8 nitrogen and oxygen atoms in total. The highest BCUT2D eigenvalue weighted by atomic mass is 16.2. The molecule has 1 aliphatic rings. The molecule has 1 fully saturated rings. The van der Waals surface area contributed by atoms with Gasteiger partial charge in [0, 0.05) is 18.5 Å². The van der Waals surface area contributed by atoms with Gasteiger partial charge >= 0.3 is 0 Å². The number of hydrogen-bond acceptors (Lipinski definition) is 4. The van der Waals surface area contributed by atoms with Crippen LogP contribution in [0.15, 0.2) is 60.7 Å². The van der Waals surface area contributed by atoms with E-state index in [2.05, 4.69) is 10.6 Å². The maximum atomic E-state index is 13.2. The number of primary amides is 1. The van der Waals surface area contributed by atoms with E-state index in [0.717, 1.165) is 5.56 Å². The lowest BCUT2D eigenvalue weighted by Crippen LogP contribution is -2.54. The van der Waals surface area contributed by atoms with Gasteiger partial charge in [0.15, 0.2) is 0 Å². The summed E-state index contributed by atoms with van der Waals surface area (Å²) >= 11 is 0. The molecule has 3 rings (SSSR count). The van der Waals surface area contributed by atoms with Crippen LogP contribution in [0.3, 0.4) is 0 Å². The molecular formula is C23H26N4O4. The van der Waals surface area contributed by atoms with Gasteiger partial charge in [0.05, 0.1) is 6.54 Å². The minimum atomic E-state index is -0.872. The summed E-state index contributed by atoms with van der Waals surface area (Å²) in [7, 11) is 0. The minimum Gasteiger partial charge on any atom is -0.368 e. The quantitative estimate of drug-likeness (QED) is 0.577. The Hall–Kier alpha value is -3.68. The smallest absolute Gasteiger partial charge is 0.251 e. The van der Waals surface area contributed by atoms with Crippen LogP contribution in [-0.4, -0.2) is 53.7 Å². The fraction of sp³-hybridized carbons (Fsp3) is 0.304. The van der Waals surface area contributed by atoms with Crippen molar-refractivity contribution in [1.29, 1.82) is 0 Å². The molecule has 0 aromatic heterocycles. The van der Waals surface area contributed by atoms with E-state index in [4.69, 9.17) is 5.73 Å². The van der Waals surface area contributed by atoms with Gasteiger partial charge in [-0.1, -0.05) is 48.5 Å². The van der Waals surface area contributed by atoms with E-state index in [1.165, 1.54) is 4.90 Å². The Labute approximate surface area is 180 Å². The van der Waals surface area contributed by atoms with Crippen molar-refractivity contribution < 1.29 is 19.2 Å². The molecule has 0 spiro atoms. The normalized spacial score (nSPS) is 16.4. The van der Waals surface area contributed by atoms with Gasteiger partial charge in [-0.2, -0.15) is 0 Å². The summed E-state index contributed by atoms with van der Waals surface area (Å²) in [6, 6.07) is 16.3. The number of carbonyl (C=O) groups is 4. The van der Waals surface area contributed by atoms with E-state index in [-0.39, 0.29) is 24.8 Å². The van der Waals surface area contributed by atoms with Gasteiger partial charge in [0.2, 0.25) is 17.7 Å². The van der Waals surface area contributed by atoms with Gasteiger partial charge in [-0.3, -0.25) is 19.2 Å². The fourth-order valence-corrected chi connectivity index (χ4v) is 3.67. The second-order valence-electron chi connectivity index (χ2n) is 7.45. The summed E-state index contributed by atoms with van der Waals surface area (Å²) < 4.78 is 0. The van der Waals surface area contributed by atoms with Crippen molar-refractivity contribution in [2.75, 3.05) is 13.1 Å². The van der Waals surface area contributed by atoms with E-state index in [0.29, 0.717) is 24.9 Å². The summed E-state index contributed by atoms with van der Waals surface area (Å²) in [5.41, 5.74) is 6.75. The number of nitrogens with two attached hydrogens (primary N) is 1. The van der Waals surface area contributed by atoms with Crippen LogP contribution in [0.25, 0.3) is 0 Å². The largest absolute Gasteiger partial charge is 0.368 e. The molecule has 1 aliphatic heterocycles. The first kappa shape index (κ1) is 22.0. The maximum Gasteiger partial charge on any atom is 0.251 e. The summed E-state index contributed by atoms with van der Waals surface area (Å²) in [6.45, 7) is 0.143. The number of nitrogens with zero attached hydrogens (tertiary/aromatic N) is 1. The van der Waals surface area contributed by atoms with Crippen molar-refractivity contribution in [2.24, 2.45) is 5.73 Å². The van der Waals surface area contributed by atoms with Crippen LogP contribution in [0.5, 0.6) is 0 Å². The van der Waals surface area contributed by atoms with Crippen molar-refractivity contribution in [3.05, 3.63) is 71.8 Å². The van der Waals surface area contributed by atoms with E-state index in [1.54, 1.807) is 30.3 Å². The van der Waals surface area contributed by atoms with E-state index >= 15 is 0 Å². The SMILES string of the molecule is NC(=O)[C@@H]1CCCN1C(=O)[C@H](Cc1ccccc1)NC(=O)CNC(=O)c1ccccc1. The second-order valence-corrected chi connectivity index (χ2v) is 7.45. The van der Waals surface area contributed by atoms with Gasteiger partial charge in [-0.15, -0.1) is 0 Å². The average Bonchev–Trinajstić information content (AvgIpc) is 3.28. The minimum absolute atomic E-state index is 0.264. The van der Waals surface area contributed by atoms with Crippen LogP contribution >= 0.6 is 0 Å². The van der Waals surface area contributed by atoms with Crippen molar-refractivity contribution in [3.63, 3.8) is 0 Å². The number of likely N-dealkylation sites (tertiary alicyclic amines) is 1. The first-order valence-electron chi connectivity index (χ1n) is 10.2. The highest BCUT2D eigenvalue weighted by molar-refractivity contribution is 5.97. The Morgan fingerprint density at radius 2 is 1.65 bits per heavy atom. The molecule has 0 aliphatic carbocycles. The maximum absolute atomic E-state index is 13.2. The fourth-order valence-electron chi connectivity index (χ4n) is 3.67. The number of nitrogens with one attached hydrogen (secondary N) is 2. The summed E-state index contributed by atoms with van der Waals surface area (Å²) in [4.78, 5) is 51.0. The Kier molecular flexibility index (Phi) is 7.37. The zero-order valence-electron chi connectivity index (χ0n) is 17.1. The average molecular weight is 422 g/mol. The Morgan fingerprint density at radius 3 is 2.29 bits per heavy atom. The predicted octanol–water partition coefficient (Wildman–Crippen LogP) is 0.620. The zero-order valence-corrected chi connectivity index (χ0v) is 17.1. The molecule has 0 saturated carbocycles. The zero-order chi connectivity index (χ0) is 22.2. The molecule has 1 saturated heterocycles. The Bertz CT molecular complexity index is 933. The molecule has 2 atom stereocenters. The molecule has 8 heteroatoms. The van der Waals surface area contributed by atoms with E-state index in [1.807, 2.05) is 30.3 Å². The number of carbonyl (C=O) groups excluding carboxylic acids is 4. The van der Waals surface area contributed by atoms with Crippen LogP contribution in [0.2, 0.25) is 0 Å². The molecular weight excluding hydrogens is 396 g/mol. The van der Waals surface area contributed by atoms with E-state index < -0.39 is 23.9 Å². The third-order valence-electron chi connectivity index (χ3n) is 5.23. The number of benzene rings is 2. The second kappa shape index (κ2) is 10.4. The Balaban J connectivity index is 1.67. The van der Waals surface area contributed by atoms with Crippen molar-refractivity contribution in [1.82, 2.24) is 15.5 Å². The third-order valence-corrected chi connectivity index (χ3v) is 5.23. The van der Waals surface area contributed by atoms with Gasteiger partial charge in [-0.05, 0) is 30.5 Å². The molecule has 31 heavy (non-hydrogen) atoms. The highest BCUT2D eigenvalue weighted by Crippen LogP contribution is 2.19. The van der Waals surface area contributed by atoms with Crippen molar-refractivity contribution in [3.8, 4) is 0 Å². The topological polar surface area (TPSA) is 122 Å². The summed E-state index contributed by atoms with van der Waals surface area (Å²) in [5.74, 6) is -1.78. The van der Waals surface area contributed by atoms with Gasteiger partial charge in [-0.25, -0.2) is 0 Å². The standard InChI is InChI=1S/C23H26N4O4/c24-21(29)19-12-7-13-27(19)23(31)18(14-16-8-3-1-4-9-16)26-20(28)15-25-22(30)17-10-5-2-6-11-17/h1-6,8-11,18-19H,7,12-15H2,(H2,24,29)(H,25,30)(H,26,28)/t18-,19-/m0/s1. The summed E-state index contributed by atoms with van der Waals surface area (Å²) in [6.07, 6.45) is 1.46. The van der Waals surface area contributed by atoms with Crippen LogP contribution < -0.4 is 16.4 Å². The van der Waals surface area contributed by atoms with Gasteiger partial charge in [0.25, 0.3) is 5.91 Å². The number of rotatable bonds is 8. The molecule has 2 aromatic carbocycles.